The Kier molecular flexibility index (Phi) is 4.81. The summed E-state index contributed by atoms with van der Waals surface area (Å²) < 4.78 is 13.3. The second kappa shape index (κ2) is 6.59. The van der Waals surface area contributed by atoms with Crippen molar-refractivity contribution in [3.63, 3.8) is 0 Å². The molecule has 1 atom stereocenters. The molecule has 2 rings (SSSR count). The number of nitrogen functional groups attached to an aromatic ring is 1. The Hall–Kier alpha value is -2.07. The molecular weight excluding hydrogens is 291 g/mol. The standard InChI is InChI=1S/C16H16ClFN2O/c1-10(11-2-4-12(19)5-3-11)8-16(21)20-13-6-7-14(17)15(18)9-13/h2-7,9-10H,8,19H2,1H3,(H,20,21). The average molecular weight is 307 g/mol. The van der Waals surface area contributed by atoms with Crippen molar-refractivity contribution in [2.75, 3.05) is 11.1 Å². The van der Waals surface area contributed by atoms with Crippen LogP contribution in [0, 0.1) is 5.82 Å². The van der Waals surface area contributed by atoms with Crippen LogP contribution in [-0.2, 0) is 4.79 Å². The van der Waals surface area contributed by atoms with E-state index in [-0.39, 0.29) is 16.8 Å². The second-order valence-electron chi connectivity index (χ2n) is 4.95. The fourth-order valence-corrected chi connectivity index (χ4v) is 2.12. The van der Waals surface area contributed by atoms with E-state index in [1.165, 1.54) is 12.1 Å². The summed E-state index contributed by atoms with van der Waals surface area (Å²) in [6, 6.07) is 11.6. The molecule has 1 amide bonds. The zero-order valence-electron chi connectivity index (χ0n) is 11.6. The number of halogens is 2. The lowest BCUT2D eigenvalue weighted by molar-refractivity contribution is -0.116. The van der Waals surface area contributed by atoms with E-state index in [1.807, 2.05) is 19.1 Å². The van der Waals surface area contributed by atoms with Gasteiger partial charge in [-0.25, -0.2) is 4.39 Å². The van der Waals surface area contributed by atoms with Crippen molar-refractivity contribution in [1.82, 2.24) is 0 Å². The summed E-state index contributed by atoms with van der Waals surface area (Å²) in [6.45, 7) is 1.95. The third-order valence-electron chi connectivity index (χ3n) is 3.20. The minimum absolute atomic E-state index is 0.0308. The first-order valence-electron chi connectivity index (χ1n) is 6.56. The Morgan fingerprint density at radius 3 is 2.57 bits per heavy atom. The van der Waals surface area contributed by atoms with Crippen molar-refractivity contribution in [2.45, 2.75) is 19.3 Å². The summed E-state index contributed by atoms with van der Waals surface area (Å²) in [7, 11) is 0. The van der Waals surface area contributed by atoms with E-state index in [4.69, 9.17) is 17.3 Å². The summed E-state index contributed by atoms with van der Waals surface area (Å²) in [5, 5.41) is 2.69. The molecule has 0 saturated heterocycles. The molecule has 2 aromatic carbocycles. The highest BCUT2D eigenvalue weighted by Crippen LogP contribution is 2.22. The van der Waals surface area contributed by atoms with Crippen molar-refractivity contribution in [2.24, 2.45) is 0 Å². The summed E-state index contributed by atoms with van der Waals surface area (Å²) in [5.41, 5.74) is 7.74. The molecule has 3 nitrogen and oxygen atoms in total. The van der Waals surface area contributed by atoms with Gasteiger partial charge in [0.2, 0.25) is 5.91 Å². The van der Waals surface area contributed by atoms with Crippen LogP contribution < -0.4 is 11.1 Å². The molecule has 0 spiro atoms. The predicted octanol–water partition coefficient (Wildman–Crippen LogP) is 4.19. The third-order valence-corrected chi connectivity index (χ3v) is 3.51. The highest BCUT2D eigenvalue weighted by molar-refractivity contribution is 6.30. The lowest BCUT2D eigenvalue weighted by Gasteiger charge is -2.12. The van der Waals surface area contributed by atoms with Crippen LogP contribution in [0.3, 0.4) is 0 Å². The quantitative estimate of drug-likeness (QED) is 0.832. The minimum Gasteiger partial charge on any atom is -0.399 e. The van der Waals surface area contributed by atoms with Crippen molar-refractivity contribution < 1.29 is 9.18 Å². The molecule has 0 bridgehead atoms. The zero-order valence-corrected chi connectivity index (χ0v) is 12.3. The first-order valence-corrected chi connectivity index (χ1v) is 6.94. The highest BCUT2D eigenvalue weighted by atomic mass is 35.5. The van der Waals surface area contributed by atoms with Gasteiger partial charge in [-0.3, -0.25) is 4.79 Å². The van der Waals surface area contributed by atoms with Gasteiger partial charge >= 0.3 is 0 Å². The molecule has 5 heteroatoms. The zero-order chi connectivity index (χ0) is 15.4. The van der Waals surface area contributed by atoms with Gasteiger partial charge in [0.25, 0.3) is 0 Å². The van der Waals surface area contributed by atoms with Crippen LogP contribution in [0.2, 0.25) is 5.02 Å². The average Bonchev–Trinajstić information content (AvgIpc) is 2.43. The summed E-state index contributed by atoms with van der Waals surface area (Å²) in [6.07, 6.45) is 0.300. The Labute approximate surface area is 127 Å². The molecule has 1 unspecified atom stereocenters. The number of carbonyl (C=O) groups is 1. The van der Waals surface area contributed by atoms with E-state index in [1.54, 1.807) is 18.2 Å². The number of nitrogens with one attached hydrogen (secondary N) is 1. The molecule has 0 aliphatic heterocycles. The molecular formula is C16H16ClFN2O. The number of rotatable bonds is 4. The predicted molar refractivity (Wildman–Crippen MR) is 83.9 cm³/mol. The van der Waals surface area contributed by atoms with E-state index in [9.17, 15) is 9.18 Å². The van der Waals surface area contributed by atoms with Crippen molar-refractivity contribution in [3.8, 4) is 0 Å². The van der Waals surface area contributed by atoms with Gasteiger partial charge < -0.3 is 11.1 Å². The molecule has 0 aromatic heterocycles. The van der Waals surface area contributed by atoms with Crippen LogP contribution in [0.25, 0.3) is 0 Å². The van der Waals surface area contributed by atoms with E-state index < -0.39 is 5.82 Å². The maximum Gasteiger partial charge on any atom is 0.224 e. The van der Waals surface area contributed by atoms with Gasteiger partial charge in [0, 0.05) is 17.8 Å². The number of carbonyl (C=O) groups excluding carboxylic acids is 1. The van der Waals surface area contributed by atoms with Gasteiger partial charge in [0.05, 0.1) is 5.02 Å². The van der Waals surface area contributed by atoms with Gasteiger partial charge in [-0.1, -0.05) is 30.7 Å². The molecule has 2 aromatic rings. The number of hydrogen-bond acceptors (Lipinski definition) is 2. The van der Waals surface area contributed by atoms with Crippen LogP contribution >= 0.6 is 11.6 Å². The summed E-state index contributed by atoms with van der Waals surface area (Å²) in [4.78, 5) is 12.0. The van der Waals surface area contributed by atoms with Gasteiger partial charge in [-0.15, -0.1) is 0 Å². The van der Waals surface area contributed by atoms with Crippen LogP contribution in [0.5, 0.6) is 0 Å². The van der Waals surface area contributed by atoms with Crippen LogP contribution in [0.4, 0.5) is 15.8 Å². The number of hydrogen-bond donors (Lipinski definition) is 2. The minimum atomic E-state index is -0.555. The van der Waals surface area contributed by atoms with Crippen LogP contribution in [0.1, 0.15) is 24.8 Å². The van der Waals surface area contributed by atoms with Crippen molar-refractivity contribution in [1.29, 1.82) is 0 Å². The monoisotopic (exact) mass is 306 g/mol. The lowest BCUT2D eigenvalue weighted by Crippen LogP contribution is -2.14. The van der Waals surface area contributed by atoms with Crippen molar-refractivity contribution >= 4 is 28.9 Å². The fraction of sp³-hybridized carbons (Fsp3) is 0.188. The molecule has 0 heterocycles. The van der Waals surface area contributed by atoms with Gasteiger partial charge in [0.1, 0.15) is 5.82 Å². The number of nitrogens with two attached hydrogens (primary N) is 1. The SMILES string of the molecule is CC(CC(=O)Nc1ccc(Cl)c(F)c1)c1ccc(N)cc1. The van der Waals surface area contributed by atoms with E-state index >= 15 is 0 Å². The maximum atomic E-state index is 13.3. The molecule has 0 saturated carbocycles. The Bertz CT molecular complexity index is 643. The molecule has 21 heavy (non-hydrogen) atoms. The highest BCUT2D eigenvalue weighted by Gasteiger charge is 2.12. The summed E-state index contributed by atoms with van der Waals surface area (Å²) in [5.74, 6) is -0.690. The first kappa shape index (κ1) is 15.3. The molecule has 0 radical (unpaired) electrons. The Morgan fingerprint density at radius 2 is 1.95 bits per heavy atom. The molecule has 0 fully saturated rings. The number of anilines is 2. The Balaban J connectivity index is 1.97. The smallest absolute Gasteiger partial charge is 0.224 e. The number of amides is 1. The molecule has 3 N–H and O–H groups in total. The van der Waals surface area contributed by atoms with E-state index in [0.29, 0.717) is 17.8 Å². The second-order valence-corrected chi connectivity index (χ2v) is 5.36. The molecule has 0 aliphatic carbocycles. The topological polar surface area (TPSA) is 55.1 Å². The largest absolute Gasteiger partial charge is 0.399 e. The first-order chi connectivity index (χ1) is 9.95. The molecule has 0 aliphatic rings. The fourth-order valence-electron chi connectivity index (χ4n) is 2.01. The van der Waals surface area contributed by atoms with E-state index in [2.05, 4.69) is 5.32 Å². The van der Waals surface area contributed by atoms with Gasteiger partial charge in [0.15, 0.2) is 0 Å². The number of benzene rings is 2. The van der Waals surface area contributed by atoms with Crippen molar-refractivity contribution in [3.05, 3.63) is 58.9 Å². The van der Waals surface area contributed by atoms with Gasteiger partial charge in [-0.05, 0) is 41.8 Å². The summed E-state index contributed by atoms with van der Waals surface area (Å²) >= 11 is 5.60. The van der Waals surface area contributed by atoms with Crippen LogP contribution in [0.15, 0.2) is 42.5 Å². The maximum absolute atomic E-state index is 13.3. The third kappa shape index (κ3) is 4.20. The van der Waals surface area contributed by atoms with Crippen LogP contribution in [-0.4, -0.2) is 5.91 Å². The van der Waals surface area contributed by atoms with Gasteiger partial charge in [-0.2, -0.15) is 0 Å². The molecule has 110 valence electrons. The Morgan fingerprint density at radius 1 is 1.29 bits per heavy atom. The normalized spacial score (nSPS) is 12.0. The van der Waals surface area contributed by atoms with E-state index in [0.717, 1.165) is 5.56 Å². The lowest BCUT2D eigenvalue weighted by atomic mass is 9.97.